The van der Waals surface area contributed by atoms with Gasteiger partial charge in [0.2, 0.25) is 0 Å². The summed E-state index contributed by atoms with van der Waals surface area (Å²) in [6.07, 6.45) is 1.65. The van der Waals surface area contributed by atoms with Crippen molar-refractivity contribution in [3.63, 3.8) is 0 Å². The number of hydrogen-bond donors (Lipinski definition) is 0. The van der Waals surface area contributed by atoms with Gasteiger partial charge in [0.15, 0.2) is 0 Å². The van der Waals surface area contributed by atoms with E-state index in [1.165, 1.54) is 22.0 Å². The first-order valence-electron chi connectivity index (χ1n) is 5.53. The predicted molar refractivity (Wildman–Crippen MR) is 68.5 cm³/mol. The van der Waals surface area contributed by atoms with Crippen LogP contribution in [0.3, 0.4) is 0 Å². The van der Waals surface area contributed by atoms with Crippen LogP contribution in [-0.2, 0) is 6.54 Å². The molecule has 0 aliphatic carbocycles. The van der Waals surface area contributed by atoms with Gasteiger partial charge in [0.25, 0.3) is 5.56 Å². The lowest BCUT2D eigenvalue weighted by molar-refractivity contribution is 0.736. The first-order valence-corrected chi connectivity index (χ1v) is 6.35. The van der Waals surface area contributed by atoms with Crippen molar-refractivity contribution in [2.45, 2.75) is 26.3 Å². The highest BCUT2D eigenvalue weighted by Crippen LogP contribution is 2.19. The Balaban J connectivity index is 2.29. The molecule has 0 fully saturated rings. The molecular formula is C12H12N4OS. The molecule has 6 heteroatoms. The van der Waals surface area contributed by atoms with Gasteiger partial charge in [-0.25, -0.2) is 0 Å². The monoisotopic (exact) mass is 260 g/mol. The first kappa shape index (κ1) is 12.5. The Labute approximate surface area is 108 Å². The summed E-state index contributed by atoms with van der Waals surface area (Å²) in [4.78, 5) is 11.8. The largest absolute Gasteiger partial charge is 0.307 e. The minimum atomic E-state index is -0.290. The van der Waals surface area contributed by atoms with Crippen molar-refractivity contribution >= 4 is 11.3 Å². The zero-order valence-electron chi connectivity index (χ0n) is 10.1. The molecule has 0 aromatic carbocycles. The molecule has 0 unspecified atom stereocenters. The summed E-state index contributed by atoms with van der Waals surface area (Å²) in [7, 11) is 0. The van der Waals surface area contributed by atoms with E-state index in [1.54, 1.807) is 12.3 Å². The molecule has 0 spiro atoms. The Morgan fingerprint density at radius 1 is 1.50 bits per heavy atom. The summed E-state index contributed by atoms with van der Waals surface area (Å²) in [5.41, 5.74) is -0.146. The molecule has 5 nitrogen and oxygen atoms in total. The molecule has 0 amide bonds. The molecule has 0 aliphatic rings. The number of hydrogen-bond acceptors (Lipinski definition) is 5. The van der Waals surface area contributed by atoms with E-state index in [0.29, 0.717) is 12.5 Å². The highest BCUT2D eigenvalue weighted by Gasteiger charge is 2.09. The molecule has 18 heavy (non-hydrogen) atoms. The van der Waals surface area contributed by atoms with Crippen LogP contribution in [0.4, 0.5) is 0 Å². The van der Waals surface area contributed by atoms with E-state index in [-0.39, 0.29) is 11.1 Å². The lowest BCUT2D eigenvalue weighted by atomic mass is 10.2. The highest BCUT2D eigenvalue weighted by atomic mass is 32.1. The third-order valence-corrected chi connectivity index (χ3v) is 3.63. The van der Waals surface area contributed by atoms with Crippen LogP contribution in [0.15, 0.2) is 23.1 Å². The summed E-state index contributed by atoms with van der Waals surface area (Å²) in [6, 6.07) is 5.08. The maximum absolute atomic E-state index is 11.8. The standard InChI is InChI=1S/C12H12N4OS/c1-8(2)11-15-14-10(18-11)7-16-5-3-4-9(6-13)12(16)17/h3-5,8H,7H2,1-2H3. The Morgan fingerprint density at radius 2 is 2.28 bits per heavy atom. The molecule has 2 aromatic heterocycles. The van der Waals surface area contributed by atoms with Crippen LogP contribution in [0, 0.1) is 11.3 Å². The predicted octanol–water partition coefficient (Wildman–Crippen LogP) is 1.74. The normalized spacial score (nSPS) is 10.6. The summed E-state index contributed by atoms with van der Waals surface area (Å²) >= 11 is 1.49. The van der Waals surface area contributed by atoms with Crippen molar-refractivity contribution in [1.29, 1.82) is 5.26 Å². The summed E-state index contributed by atoms with van der Waals surface area (Å²) in [5.74, 6) is 0.332. The lowest BCUT2D eigenvalue weighted by Crippen LogP contribution is -2.22. The maximum atomic E-state index is 11.8. The quantitative estimate of drug-likeness (QED) is 0.842. The Bertz CT molecular complexity index is 651. The second-order valence-corrected chi connectivity index (χ2v) is 5.25. The Morgan fingerprint density at radius 3 is 2.89 bits per heavy atom. The minimum Gasteiger partial charge on any atom is -0.307 e. The van der Waals surface area contributed by atoms with Crippen molar-refractivity contribution in [1.82, 2.24) is 14.8 Å². The molecule has 0 atom stereocenters. The van der Waals surface area contributed by atoms with Gasteiger partial charge in [-0.2, -0.15) is 5.26 Å². The van der Waals surface area contributed by atoms with Crippen LogP contribution in [-0.4, -0.2) is 14.8 Å². The number of pyridine rings is 1. The highest BCUT2D eigenvalue weighted by molar-refractivity contribution is 7.11. The van der Waals surface area contributed by atoms with E-state index in [2.05, 4.69) is 10.2 Å². The van der Waals surface area contributed by atoms with E-state index >= 15 is 0 Å². The van der Waals surface area contributed by atoms with E-state index < -0.39 is 0 Å². The minimum absolute atomic E-state index is 0.145. The van der Waals surface area contributed by atoms with Gasteiger partial charge in [-0.15, -0.1) is 10.2 Å². The van der Waals surface area contributed by atoms with E-state index in [1.807, 2.05) is 19.9 Å². The third kappa shape index (κ3) is 2.46. The zero-order valence-corrected chi connectivity index (χ0v) is 10.9. The van der Waals surface area contributed by atoms with Crippen molar-refractivity contribution in [2.24, 2.45) is 0 Å². The Hall–Kier alpha value is -2.00. The summed E-state index contributed by atoms with van der Waals surface area (Å²) in [5, 5.41) is 18.7. The van der Waals surface area contributed by atoms with Crippen LogP contribution in [0.2, 0.25) is 0 Å². The molecule has 2 rings (SSSR count). The molecule has 0 N–H and O–H groups in total. The first-order chi connectivity index (χ1) is 8.61. The number of rotatable bonds is 3. The van der Waals surface area contributed by atoms with Gasteiger partial charge in [-0.05, 0) is 12.1 Å². The zero-order chi connectivity index (χ0) is 13.1. The molecule has 2 heterocycles. The van der Waals surface area contributed by atoms with Crippen molar-refractivity contribution < 1.29 is 0 Å². The fourth-order valence-electron chi connectivity index (χ4n) is 1.46. The fraction of sp³-hybridized carbons (Fsp3) is 0.333. The SMILES string of the molecule is CC(C)c1nnc(Cn2cccc(C#N)c2=O)s1. The maximum Gasteiger partial charge on any atom is 0.268 e. The van der Waals surface area contributed by atoms with E-state index in [9.17, 15) is 4.79 Å². The van der Waals surface area contributed by atoms with Crippen molar-refractivity contribution in [3.05, 3.63) is 44.3 Å². The molecule has 0 saturated carbocycles. The van der Waals surface area contributed by atoms with E-state index in [4.69, 9.17) is 5.26 Å². The van der Waals surface area contributed by atoms with Gasteiger partial charge < -0.3 is 4.57 Å². The number of aromatic nitrogens is 3. The molecule has 0 aliphatic heterocycles. The average molecular weight is 260 g/mol. The van der Waals surface area contributed by atoms with Gasteiger partial charge in [0.1, 0.15) is 21.6 Å². The smallest absolute Gasteiger partial charge is 0.268 e. The van der Waals surface area contributed by atoms with Crippen LogP contribution in [0.5, 0.6) is 0 Å². The number of nitrogens with zero attached hydrogens (tertiary/aromatic N) is 4. The molecule has 92 valence electrons. The van der Waals surface area contributed by atoms with Gasteiger partial charge in [-0.3, -0.25) is 4.79 Å². The molecule has 0 bridgehead atoms. The number of nitriles is 1. The van der Waals surface area contributed by atoms with Crippen molar-refractivity contribution in [2.75, 3.05) is 0 Å². The molecule has 0 radical (unpaired) electrons. The van der Waals surface area contributed by atoms with Crippen LogP contribution < -0.4 is 5.56 Å². The van der Waals surface area contributed by atoms with Gasteiger partial charge in [0, 0.05) is 12.1 Å². The van der Waals surface area contributed by atoms with Gasteiger partial charge in [0.05, 0.1) is 6.54 Å². The lowest BCUT2D eigenvalue weighted by Gasteiger charge is -2.01. The Kier molecular flexibility index (Phi) is 3.53. The topological polar surface area (TPSA) is 71.6 Å². The van der Waals surface area contributed by atoms with E-state index in [0.717, 1.165) is 10.0 Å². The van der Waals surface area contributed by atoms with Crippen LogP contribution in [0.1, 0.15) is 35.3 Å². The van der Waals surface area contributed by atoms with Gasteiger partial charge in [-0.1, -0.05) is 25.2 Å². The average Bonchev–Trinajstić information content (AvgIpc) is 2.80. The third-order valence-electron chi connectivity index (χ3n) is 2.42. The van der Waals surface area contributed by atoms with Crippen molar-refractivity contribution in [3.8, 4) is 6.07 Å². The second-order valence-electron chi connectivity index (χ2n) is 4.16. The fourth-order valence-corrected chi connectivity index (χ4v) is 2.30. The summed E-state index contributed by atoms with van der Waals surface area (Å²) < 4.78 is 1.48. The second kappa shape index (κ2) is 5.10. The van der Waals surface area contributed by atoms with Crippen LogP contribution in [0.25, 0.3) is 0 Å². The van der Waals surface area contributed by atoms with Gasteiger partial charge >= 0.3 is 0 Å². The summed E-state index contributed by atoms with van der Waals surface area (Å²) in [6.45, 7) is 4.46. The molecular weight excluding hydrogens is 248 g/mol. The van der Waals surface area contributed by atoms with Crippen LogP contribution >= 0.6 is 11.3 Å². The molecule has 0 saturated heterocycles. The molecule has 2 aromatic rings.